The quantitative estimate of drug-likeness (QED) is 0.0261. The van der Waals surface area contributed by atoms with Gasteiger partial charge < -0.3 is 46.0 Å². The predicted molar refractivity (Wildman–Crippen MR) is 370 cm³/mol. The van der Waals surface area contributed by atoms with Crippen molar-refractivity contribution < 1.29 is 50.4 Å². The van der Waals surface area contributed by atoms with Crippen LogP contribution in [-0.2, 0) is 45.9 Å². The van der Waals surface area contributed by atoms with Gasteiger partial charge in [-0.1, -0.05) is 57.2 Å². The van der Waals surface area contributed by atoms with Crippen LogP contribution in [0.15, 0.2) is 160 Å². The van der Waals surface area contributed by atoms with E-state index in [0.29, 0.717) is 58.0 Å². The minimum atomic E-state index is -3.80. The van der Waals surface area contributed by atoms with Crippen molar-refractivity contribution in [2.24, 2.45) is 0 Å². The van der Waals surface area contributed by atoms with E-state index >= 15 is 0 Å². The highest BCUT2D eigenvalue weighted by Gasteiger charge is 2.31. The van der Waals surface area contributed by atoms with Crippen molar-refractivity contribution in [1.29, 1.82) is 0 Å². The van der Waals surface area contributed by atoms with E-state index in [0.717, 1.165) is 78.5 Å². The van der Waals surface area contributed by atoms with Crippen molar-refractivity contribution in [3.05, 3.63) is 183 Å². The number of nitrogen functional groups attached to an aromatic ring is 1. The van der Waals surface area contributed by atoms with Crippen LogP contribution in [0.25, 0.3) is 0 Å². The molecule has 3 aliphatic heterocycles. The fourth-order valence-electron chi connectivity index (χ4n) is 9.62. The number of nitrogens with two attached hydrogens (primary N) is 1. The molecule has 0 radical (unpaired) electrons. The van der Waals surface area contributed by atoms with Crippen molar-refractivity contribution in [2.75, 3.05) is 119 Å². The molecule has 0 spiro atoms. The summed E-state index contributed by atoms with van der Waals surface area (Å²) in [5, 5.41) is 54.2. The van der Waals surface area contributed by atoms with Crippen LogP contribution >= 0.6 is 35.5 Å². The van der Waals surface area contributed by atoms with E-state index in [1.54, 1.807) is 52.0 Å². The summed E-state index contributed by atoms with van der Waals surface area (Å²) in [5.74, 6) is 0. The lowest BCUT2D eigenvalue weighted by molar-refractivity contribution is -0.385. The number of anilines is 4. The van der Waals surface area contributed by atoms with E-state index in [1.807, 2.05) is 74.5 Å². The Morgan fingerprint density at radius 2 is 0.717 bits per heavy atom. The number of aliphatic hydroxyl groups is 3. The van der Waals surface area contributed by atoms with Gasteiger partial charge in [-0.05, 0) is 163 Å². The third kappa shape index (κ3) is 23.6. The van der Waals surface area contributed by atoms with E-state index in [4.69, 9.17) is 16.4 Å². The summed E-state index contributed by atoms with van der Waals surface area (Å²) in [6.45, 7) is 28.7. The van der Waals surface area contributed by atoms with Gasteiger partial charge in [0.25, 0.3) is 20.4 Å². The highest BCUT2D eigenvalue weighted by Crippen LogP contribution is 2.29. The number of non-ortho nitro benzene ring substituents is 2. The standard InChI is InChI=1S/C19H23N3O5S.C19H25N3O3S.C13H20N2O.C6H4ClNO4S.C6H15N.2ClH/c1-19(2,23)15-3-5-16(6-4-15)20-11-13-21(14-12-20)28(26,27)18-9-7-17(8-10-18)22(24)25;1-19(2,23)15-3-7-17(8-4-15)21-11-13-22(14-12-21)26(24,25)18-9-5-16(20)6-10-18;1-13(2,16)11-3-5-12(6-4-11)15-9-7-14-8-10-15;7-13(11,12)6-3-1-5(2-4-6)8(9)10;1-4-7(5-2)6-3;;/h3-10,23H,11-14H2,1-2H3;3-10,23H,11-14,20H2,1-2H3;3-6,14,16H,7-10H2,1-2H3;1-4H;4-6H2,1-3H3;2*1H. The van der Waals surface area contributed by atoms with E-state index < -0.39 is 55.7 Å². The number of sulfonamides is 2. The summed E-state index contributed by atoms with van der Waals surface area (Å²) >= 11 is 0. The SMILES string of the molecule is CC(C)(O)c1ccc(N2CCN(S(=O)(=O)c3ccc(N)cc3)CC2)cc1.CC(C)(O)c1ccc(N2CCN(S(=O)(=O)c3ccc([N+](=O)[O-])cc3)CC2)cc1.CC(C)(O)c1ccc(N2CCNCC2)cc1.CCN(CC)CC.Cl.Cl.O=[N+]([O-])c1ccc(S(=O)(=O)Cl)cc1. The fourth-order valence-corrected chi connectivity index (χ4v) is 13.2. The van der Waals surface area contributed by atoms with Crippen LogP contribution in [0, 0.1) is 20.2 Å². The van der Waals surface area contributed by atoms with Crippen LogP contribution in [-0.4, -0.2) is 162 Å². The molecule has 0 aliphatic carbocycles. The number of halogens is 3. The zero-order valence-electron chi connectivity index (χ0n) is 53.5. The highest BCUT2D eigenvalue weighted by molar-refractivity contribution is 8.13. The van der Waals surface area contributed by atoms with Crippen molar-refractivity contribution in [1.82, 2.24) is 18.8 Å². The van der Waals surface area contributed by atoms with Gasteiger partial charge in [-0.3, -0.25) is 20.2 Å². The molecule has 0 saturated carbocycles. The zero-order chi connectivity index (χ0) is 66.8. The maximum Gasteiger partial charge on any atom is 0.269 e. The Balaban J connectivity index is 0.000000318. The van der Waals surface area contributed by atoms with Gasteiger partial charge in [0.2, 0.25) is 20.0 Å². The molecule has 3 heterocycles. The second kappa shape index (κ2) is 35.3. The number of nitro benzene ring substituents is 2. The lowest BCUT2D eigenvalue weighted by Crippen LogP contribution is -2.48. The molecule has 23 nitrogen and oxygen atoms in total. The second-order valence-electron chi connectivity index (χ2n) is 23.0. The number of benzene rings is 6. The van der Waals surface area contributed by atoms with Crippen LogP contribution in [0.1, 0.15) is 79.0 Å². The first kappa shape index (κ1) is 80.0. The fraction of sp³-hybridized carbons (Fsp3) is 0.429. The first-order valence-corrected chi connectivity index (χ1v) is 34.7. The first-order valence-electron chi connectivity index (χ1n) is 29.6. The molecule has 0 atom stereocenters. The molecule has 29 heteroatoms. The van der Waals surface area contributed by atoms with Crippen LogP contribution < -0.4 is 25.8 Å². The van der Waals surface area contributed by atoms with Gasteiger partial charge in [-0.15, -0.1) is 24.8 Å². The van der Waals surface area contributed by atoms with Gasteiger partial charge in [0, 0.05) is 136 Å². The minimum absolute atomic E-state index is 0. The first-order chi connectivity index (χ1) is 42.1. The predicted octanol–water partition coefficient (Wildman–Crippen LogP) is 9.38. The number of nitro groups is 2. The minimum Gasteiger partial charge on any atom is -0.399 e. The molecule has 9 rings (SSSR count). The maximum atomic E-state index is 12.8. The molecular weight excluding hydrogens is 1310 g/mol. The number of hydrogen-bond acceptors (Lipinski definition) is 19. The van der Waals surface area contributed by atoms with E-state index in [9.17, 15) is 60.8 Å². The number of rotatable bonds is 16. The Morgan fingerprint density at radius 3 is 0.957 bits per heavy atom. The summed E-state index contributed by atoms with van der Waals surface area (Å²) in [6, 6.07) is 39.1. The lowest BCUT2D eigenvalue weighted by Gasteiger charge is -2.35. The van der Waals surface area contributed by atoms with Gasteiger partial charge in [0.05, 0.1) is 41.3 Å². The number of hydrogen-bond donors (Lipinski definition) is 5. The summed E-state index contributed by atoms with van der Waals surface area (Å²) in [5.41, 5.74) is 9.22. The van der Waals surface area contributed by atoms with Gasteiger partial charge in [-0.2, -0.15) is 8.61 Å². The Kier molecular flexibility index (Phi) is 30.7. The summed E-state index contributed by atoms with van der Waals surface area (Å²) in [6.07, 6.45) is 0. The monoisotopic (exact) mass is 1390 g/mol. The zero-order valence-corrected chi connectivity index (χ0v) is 58.3. The van der Waals surface area contributed by atoms with E-state index in [-0.39, 0.29) is 50.9 Å². The average Bonchev–Trinajstić information content (AvgIpc) is 0.874. The molecule has 6 aromatic carbocycles. The van der Waals surface area contributed by atoms with Crippen LogP contribution in [0.2, 0.25) is 0 Å². The largest absolute Gasteiger partial charge is 0.399 e. The molecule has 3 saturated heterocycles. The molecule has 0 bridgehead atoms. The van der Waals surface area contributed by atoms with Gasteiger partial charge in [-0.25, -0.2) is 25.3 Å². The van der Waals surface area contributed by atoms with Crippen molar-refractivity contribution in [2.45, 2.75) is 93.8 Å². The van der Waals surface area contributed by atoms with E-state index in [2.05, 4.69) is 57.8 Å². The summed E-state index contributed by atoms with van der Waals surface area (Å²) in [4.78, 5) is 28.9. The molecule has 3 fully saturated rings. The molecule has 0 unspecified atom stereocenters. The number of nitrogens with one attached hydrogen (secondary N) is 1. The topological polar surface area (TPSA) is 307 Å². The Morgan fingerprint density at radius 1 is 0.457 bits per heavy atom. The molecule has 6 N–H and O–H groups in total. The molecule has 0 amide bonds. The van der Waals surface area contributed by atoms with Crippen molar-refractivity contribution in [3.8, 4) is 0 Å². The lowest BCUT2D eigenvalue weighted by atomic mass is 9.98. The Labute approximate surface area is 559 Å². The number of piperazine rings is 3. The van der Waals surface area contributed by atoms with Gasteiger partial charge in [0.15, 0.2) is 0 Å². The molecule has 6 aromatic rings. The van der Waals surface area contributed by atoms with Crippen molar-refractivity contribution in [3.63, 3.8) is 0 Å². The van der Waals surface area contributed by atoms with E-state index in [1.165, 1.54) is 58.2 Å². The molecule has 92 heavy (non-hydrogen) atoms. The molecule has 0 aromatic heterocycles. The molecular formula is C63H89Cl3N10O13S3. The normalized spacial score (nSPS) is 15.0. The van der Waals surface area contributed by atoms with Gasteiger partial charge >= 0.3 is 0 Å². The van der Waals surface area contributed by atoms with Crippen molar-refractivity contribution >= 4 is 98.7 Å². The smallest absolute Gasteiger partial charge is 0.269 e. The maximum absolute atomic E-state index is 12.8. The molecule has 508 valence electrons. The average molecular weight is 1400 g/mol. The van der Waals surface area contributed by atoms with Crippen LogP contribution in [0.3, 0.4) is 0 Å². The van der Waals surface area contributed by atoms with Crippen LogP contribution in [0.4, 0.5) is 34.1 Å². The number of nitrogens with zero attached hydrogens (tertiary/aromatic N) is 8. The third-order valence-electron chi connectivity index (χ3n) is 15.3. The molecule has 3 aliphatic rings. The Bertz CT molecular complexity index is 3570. The highest BCUT2D eigenvalue weighted by atomic mass is 35.7. The third-order valence-corrected chi connectivity index (χ3v) is 20.5. The van der Waals surface area contributed by atoms with Gasteiger partial charge in [0.1, 0.15) is 0 Å². The second-order valence-corrected chi connectivity index (χ2v) is 29.4. The summed E-state index contributed by atoms with van der Waals surface area (Å²) < 4.78 is 75.4. The summed E-state index contributed by atoms with van der Waals surface area (Å²) in [7, 11) is -5.98. The Hall–Kier alpha value is -6.24. The van der Waals surface area contributed by atoms with Crippen LogP contribution in [0.5, 0.6) is 0 Å².